The number of nitrogens with zero attached hydrogens (tertiary/aromatic N) is 2. The Morgan fingerprint density at radius 2 is 2.41 bits per heavy atom. The molecule has 17 heavy (non-hydrogen) atoms. The van der Waals surface area contributed by atoms with Crippen LogP contribution >= 0.6 is 11.3 Å². The predicted octanol–water partition coefficient (Wildman–Crippen LogP) is 2.65. The van der Waals surface area contributed by atoms with E-state index in [1.807, 2.05) is 20.2 Å². The molecule has 1 unspecified atom stereocenters. The van der Waals surface area contributed by atoms with Crippen LogP contribution in [0.15, 0.2) is 28.4 Å². The maximum atomic E-state index is 5.06. The molecule has 0 aliphatic rings. The molecule has 1 N–H and O–H groups in total. The molecule has 0 saturated heterocycles. The van der Waals surface area contributed by atoms with Gasteiger partial charge in [-0.25, -0.2) is 4.98 Å². The molecule has 2 aromatic heterocycles. The van der Waals surface area contributed by atoms with E-state index in [2.05, 4.69) is 27.5 Å². The van der Waals surface area contributed by atoms with E-state index in [1.54, 1.807) is 23.9 Å². The second-order valence-corrected chi connectivity index (χ2v) is 4.89. The highest BCUT2D eigenvalue weighted by Crippen LogP contribution is 2.24. The molecule has 5 heteroatoms. The van der Waals surface area contributed by atoms with Gasteiger partial charge in [0, 0.05) is 30.6 Å². The van der Waals surface area contributed by atoms with E-state index in [0.717, 1.165) is 22.9 Å². The smallest absolute Gasteiger partial charge is 0.185 e. The number of rotatable bonds is 5. The highest BCUT2D eigenvalue weighted by molar-refractivity contribution is 7.13. The molecule has 0 radical (unpaired) electrons. The van der Waals surface area contributed by atoms with Crippen LogP contribution in [-0.2, 0) is 6.54 Å². The third kappa shape index (κ3) is 2.87. The molecule has 0 spiro atoms. The second kappa shape index (κ2) is 5.33. The van der Waals surface area contributed by atoms with E-state index >= 15 is 0 Å². The molecule has 0 amide bonds. The van der Waals surface area contributed by atoms with Crippen molar-refractivity contribution in [2.75, 3.05) is 19.0 Å². The van der Waals surface area contributed by atoms with Gasteiger partial charge < -0.3 is 14.6 Å². The molecule has 0 bridgehead atoms. The number of hydrogen-bond donors (Lipinski definition) is 1. The van der Waals surface area contributed by atoms with Gasteiger partial charge in [-0.05, 0) is 20.0 Å². The van der Waals surface area contributed by atoms with Crippen molar-refractivity contribution in [3.8, 4) is 0 Å². The Labute approximate surface area is 105 Å². The van der Waals surface area contributed by atoms with Crippen LogP contribution in [0, 0.1) is 0 Å². The van der Waals surface area contributed by atoms with Gasteiger partial charge in [0.15, 0.2) is 5.13 Å². The summed E-state index contributed by atoms with van der Waals surface area (Å²) < 4.78 is 5.06. The van der Waals surface area contributed by atoms with Crippen LogP contribution < -0.4 is 10.2 Å². The van der Waals surface area contributed by atoms with Crippen molar-refractivity contribution < 1.29 is 4.42 Å². The molecule has 0 aliphatic heterocycles. The van der Waals surface area contributed by atoms with Gasteiger partial charge in [0.05, 0.1) is 18.2 Å². The van der Waals surface area contributed by atoms with Crippen LogP contribution in [0.1, 0.15) is 24.2 Å². The van der Waals surface area contributed by atoms with Crippen molar-refractivity contribution >= 4 is 16.5 Å². The minimum absolute atomic E-state index is 0.294. The first-order valence-corrected chi connectivity index (χ1v) is 6.43. The number of thiazole rings is 1. The van der Waals surface area contributed by atoms with Gasteiger partial charge in [0.1, 0.15) is 0 Å². The van der Waals surface area contributed by atoms with Crippen LogP contribution in [-0.4, -0.2) is 19.1 Å². The first kappa shape index (κ1) is 12.1. The Kier molecular flexibility index (Phi) is 3.81. The van der Waals surface area contributed by atoms with Crippen LogP contribution in [0.5, 0.6) is 0 Å². The molecule has 92 valence electrons. The molecule has 4 nitrogen and oxygen atoms in total. The maximum Gasteiger partial charge on any atom is 0.185 e. The van der Waals surface area contributed by atoms with Crippen molar-refractivity contribution in [1.29, 1.82) is 0 Å². The first-order chi connectivity index (χ1) is 8.20. The Morgan fingerprint density at radius 1 is 1.59 bits per heavy atom. The third-order valence-electron chi connectivity index (χ3n) is 2.71. The number of aromatic nitrogens is 1. The van der Waals surface area contributed by atoms with E-state index in [4.69, 9.17) is 4.42 Å². The molecule has 0 saturated carbocycles. The number of nitrogens with one attached hydrogen (secondary N) is 1. The largest absolute Gasteiger partial charge is 0.472 e. The van der Waals surface area contributed by atoms with Gasteiger partial charge in [-0.1, -0.05) is 0 Å². The summed E-state index contributed by atoms with van der Waals surface area (Å²) in [6.07, 6.45) is 3.46. The lowest BCUT2D eigenvalue weighted by molar-refractivity contribution is 0.563. The first-order valence-electron chi connectivity index (χ1n) is 5.55. The standard InChI is InChI=1S/C12H17N3OS/c1-9(13-2)11-8-17-12(14-11)15(3)6-10-4-5-16-7-10/h4-5,7-9,13H,6H2,1-3H3. The molecular weight excluding hydrogens is 234 g/mol. The van der Waals surface area contributed by atoms with Crippen LogP contribution in [0.4, 0.5) is 5.13 Å². The van der Waals surface area contributed by atoms with Gasteiger partial charge in [-0.15, -0.1) is 11.3 Å². The molecule has 1 atom stereocenters. The summed E-state index contributed by atoms with van der Waals surface area (Å²) in [7, 11) is 3.98. The zero-order chi connectivity index (χ0) is 12.3. The highest BCUT2D eigenvalue weighted by atomic mass is 32.1. The van der Waals surface area contributed by atoms with E-state index in [9.17, 15) is 0 Å². The Balaban J connectivity index is 2.04. The van der Waals surface area contributed by atoms with Crippen molar-refractivity contribution in [3.05, 3.63) is 35.2 Å². The predicted molar refractivity (Wildman–Crippen MR) is 70.4 cm³/mol. The minimum atomic E-state index is 0.294. The van der Waals surface area contributed by atoms with E-state index in [-0.39, 0.29) is 0 Å². The van der Waals surface area contributed by atoms with Crippen molar-refractivity contribution in [3.63, 3.8) is 0 Å². The summed E-state index contributed by atoms with van der Waals surface area (Å²) in [5, 5.41) is 6.32. The van der Waals surface area contributed by atoms with Crippen molar-refractivity contribution in [1.82, 2.24) is 10.3 Å². The SMILES string of the molecule is CNC(C)c1csc(N(C)Cc2ccoc2)n1. The van der Waals surface area contributed by atoms with E-state index < -0.39 is 0 Å². The molecular formula is C12H17N3OS. The number of anilines is 1. The van der Waals surface area contributed by atoms with E-state index in [0.29, 0.717) is 6.04 Å². The average Bonchev–Trinajstić information content (AvgIpc) is 2.98. The number of furan rings is 1. The zero-order valence-corrected chi connectivity index (χ0v) is 11.1. The Morgan fingerprint density at radius 3 is 3.06 bits per heavy atom. The summed E-state index contributed by atoms with van der Waals surface area (Å²) >= 11 is 1.67. The number of hydrogen-bond acceptors (Lipinski definition) is 5. The minimum Gasteiger partial charge on any atom is -0.472 e. The monoisotopic (exact) mass is 251 g/mol. The molecule has 0 aliphatic carbocycles. The Bertz CT molecular complexity index is 452. The lowest BCUT2D eigenvalue weighted by atomic mass is 10.3. The lowest BCUT2D eigenvalue weighted by Crippen LogP contribution is -2.17. The zero-order valence-electron chi connectivity index (χ0n) is 10.3. The summed E-state index contributed by atoms with van der Waals surface area (Å²) in [6, 6.07) is 2.27. The van der Waals surface area contributed by atoms with Gasteiger partial charge >= 0.3 is 0 Å². The summed E-state index contributed by atoms with van der Waals surface area (Å²) in [5.41, 5.74) is 2.25. The highest BCUT2D eigenvalue weighted by Gasteiger charge is 2.11. The van der Waals surface area contributed by atoms with Gasteiger partial charge in [-0.3, -0.25) is 0 Å². The van der Waals surface area contributed by atoms with Crippen molar-refractivity contribution in [2.45, 2.75) is 19.5 Å². The average molecular weight is 251 g/mol. The fourth-order valence-electron chi connectivity index (χ4n) is 1.52. The molecule has 2 aromatic rings. The van der Waals surface area contributed by atoms with Gasteiger partial charge in [-0.2, -0.15) is 0 Å². The van der Waals surface area contributed by atoms with Gasteiger partial charge in [0.25, 0.3) is 0 Å². The lowest BCUT2D eigenvalue weighted by Gasteiger charge is -2.14. The van der Waals surface area contributed by atoms with E-state index in [1.165, 1.54) is 0 Å². The van der Waals surface area contributed by atoms with Crippen LogP contribution in [0.3, 0.4) is 0 Å². The van der Waals surface area contributed by atoms with Crippen LogP contribution in [0.25, 0.3) is 0 Å². The van der Waals surface area contributed by atoms with Gasteiger partial charge in [0.2, 0.25) is 0 Å². The third-order valence-corrected chi connectivity index (χ3v) is 3.69. The molecule has 0 aromatic carbocycles. The summed E-state index contributed by atoms with van der Waals surface area (Å²) in [5.74, 6) is 0. The van der Waals surface area contributed by atoms with Crippen molar-refractivity contribution in [2.24, 2.45) is 0 Å². The quantitative estimate of drug-likeness (QED) is 0.887. The molecule has 2 heterocycles. The summed E-state index contributed by atoms with van der Waals surface area (Å²) in [6.45, 7) is 2.92. The fourth-order valence-corrected chi connectivity index (χ4v) is 2.41. The maximum absolute atomic E-state index is 5.06. The fraction of sp³-hybridized carbons (Fsp3) is 0.417. The Hall–Kier alpha value is -1.33. The molecule has 0 fully saturated rings. The topological polar surface area (TPSA) is 41.3 Å². The second-order valence-electron chi connectivity index (χ2n) is 4.05. The normalized spacial score (nSPS) is 12.6. The van der Waals surface area contributed by atoms with Crippen LogP contribution in [0.2, 0.25) is 0 Å². The summed E-state index contributed by atoms with van der Waals surface area (Å²) in [4.78, 5) is 6.74. The molecule has 2 rings (SSSR count).